The summed E-state index contributed by atoms with van der Waals surface area (Å²) >= 11 is 0. The Labute approximate surface area is 92.3 Å². The lowest BCUT2D eigenvalue weighted by molar-refractivity contribution is -0.148. The summed E-state index contributed by atoms with van der Waals surface area (Å²) in [6.07, 6.45) is 1.16. The molecule has 0 heterocycles. The number of carbonyl (C=O) groups excluding carboxylic acids is 1. The molecule has 0 radical (unpaired) electrons. The Bertz CT molecular complexity index is 160. The molecule has 1 N–H and O–H groups in total. The van der Waals surface area contributed by atoms with Crippen molar-refractivity contribution in [3.8, 4) is 0 Å². The van der Waals surface area contributed by atoms with Crippen molar-refractivity contribution >= 4 is 5.97 Å². The van der Waals surface area contributed by atoms with Crippen molar-refractivity contribution in [3.63, 3.8) is 0 Å². The first-order valence-electron chi connectivity index (χ1n) is 5.60. The van der Waals surface area contributed by atoms with Crippen molar-refractivity contribution in [2.45, 2.75) is 27.2 Å². The quantitative estimate of drug-likeness (QED) is 0.466. The molecule has 0 fully saturated rings. The number of rotatable bonds is 9. The minimum Gasteiger partial charge on any atom is -0.464 e. The maximum absolute atomic E-state index is 10.9. The van der Waals surface area contributed by atoms with Crippen LogP contribution in [0.4, 0.5) is 0 Å². The Morgan fingerprint density at radius 3 is 2.67 bits per heavy atom. The third-order valence-electron chi connectivity index (χ3n) is 1.85. The van der Waals surface area contributed by atoms with Crippen molar-refractivity contribution in [3.05, 3.63) is 0 Å². The van der Waals surface area contributed by atoms with Crippen molar-refractivity contribution in [1.29, 1.82) is 0 Å². The monoisotopic (exact) mass is 217 g/mol. The topological polar surface area (TPSA) is 47.6 Å². The Morgan fingerprint density at radius 1 is 1.33 bits per heavy atom. The van der Waals surface area contributed by atoms with Gasteiger partial charge in [-0.3, -0.25) is 0 Å². The van der Waals surface area contributed by atoms with Crippen molar-refractivity contribution < 1.29 is 14.3 Å². The van der Waals surface area contributed by atoms with E-state index in [4.69, 9.17) is 9.47 Å². The lowest BCUT2D eigenvalue weighted by Gasteiger charge is -2.07. The minimum absolute atomic E-state index is 0.0553. The molecule has 4 nitrogen and oxygen atoms in total. The molecule has 0 bridgehead atoms. The lowest BCUT2D eigenvalue weighted by atomic mass is 10.1. The highest BCUT2D eigenvalue weighted by atomic mass is 16.6. The third-order valence-corrected chi connectivity index (χ3v) is 1.85. The first kappa shape index (κ1) is 14.4. The standard InChI is InChI=1S/C11H23NO3/c1-4-15-11(13)9-14-8-7-12-6-5-10(2)3/h10,12H,4-9H2,1-3H3. The zero-order valence-electron chi connectivity index (χ0n) is 10.0. The first-order valence-corrected chi connectivity index (χ1v) is 5.60. The molecule has 0 aromatic carbocycles. The summed E-state index contributed by atoms with van der Waals surface area (Å²) in [6, 6.07) is 0. The third kappa shape index (κ3) is 11.3. The second-order valence-electron chi connectivity index (χ2n) is 3.79. The van der Waals surface area contributed by atoms with Gasteiger partial charge >= 0.3 is 5.97 Å². The van der Waals surface area contributed by atoms with Crippen LogP contribution in [0.5, 0.6) is 0 Å². The van der Waals surface area contributed by atoms with E-state index in [0.717, 1.165) is 25.4 Å². The predicted molar refractivity (Wildman–Crippen MR) is 59.8 cm³/mol. The van der Waals surface area contributed by atoms with Crippen LogP contribution in [-0.4, -0.2) is 38.9 Å². The number of hydrogen-bond acceptors (Lipinski definition) is 4. The molecule has 90 valence electrons. The largest absolute Gasteiger partial charge is 0.464 e. The second kappa shape index (κ2) is 9.93. The van der Waals surface area contributed by atoms with Crippen LogP contribution in [-0.2, 0) is 14.3 Å². The van der Waals surface area contributed by atoms with E-state index in [1.165, 1.54) is 0 Å². The van der Waals surface area contributed by atoms with Crippen molar-refractivity contribution in [1.82, 2.24) is 5.32 Å². The van der Waals surface area contributed by atoms with Crippen LogP contribution in [0.2, 0.25) is 0 Å². The highest BCUT2D eigenvalue weighted by Crippen LogP contribution is 1.95. The van der Waals surface area contributed by atoms with Crippen LogP contribution in [0, 0.1) is 5.92 Å². The van der Waals surface area contributed by atoms with E-state index in [-0.39, 0.29) is 12.6 Å². The van der Waals surface area contributed by atoms with E-state index in [2.05, 4.69) is 19.2 Å². The van der Waals surface area contributed by atoms with Gasteiger partial charge in [0.05, 0.1) is 13.2 Å². The Kier molecular flexibility index (Phi) is 9.52. The van der Waals surface area contributed by atoms with Gasteiger partial charge in [-0.05, 0) is 25.8 Å². The van der Waals surface area contributed by atoms with Crippen molar-refractivity contribution in [2.75, 3.05) is 32.9 Å². The number of ether oxygens (including phenoxy) is 2. The molecule has 0 rings (SSSR count). The van der Waals surface area contributed by atoms with Gasteiger partial charge in [0.1, 0.15) is 6.61 Å². The fourth-order valence-electron chi connectivity index (χ4n) is 1.02. The summed E-state index contributed by atoms with van der Waals surface area (Å²) in [6.45, 7) is 8.97. The van der Waals surface area contributed by atoms with Gasteiger partial charge in [-0.1, -0.05) is 13.8 Å². The average molecular weight is 217 g/mol. The van der Waals surface area contributed by atoms with Gasteiger partial charge in [0.25, 0.3) is 0 Å². The van der Waals surface area contributed by atoms with Gasteiger partial charge in [-0.2, -0.15) is 0 Å². The van der Waals surface area contributed by atoms with E-state index in [1.807, 2.05) is 0 Å². The van der Waals surface area contributed by atoms with Crippen LogP contribution in [0.25, 0.3) is 0 Å². The smallest absolute Gasteiger partial charge is 0.332 e. The number of hydrogen-bond donors (Lipinski definition) is 1. The molecule has 0 spiro atoms. The molecule has 0 saturated carbocycles. The van der Waals surface area contributed by atoms with Gasteiger partial charge in [0.2, 0.25) is 0 Å². The average Bonchev–Trinajstić information content (AvgIpc) is 2.16. The summed E-state index contributed by atoms with van der Waals surface area (Å²) in [5.41, 5.74) is 0. The van der Waals surface area contributed by atoms with E-state index in [9.17, 15) is 4.79 Å². The molecular weight excluding hydrogens is 194 g/mol. The summed E-state index contributed by atoms with van der Waals surface area (Å²) in [4.78, 5) is 10.9. The molecule has 0 aliphatic rings. The van der Waals surface area contributed by atoms with Gasteiger partial charge in [-0.25, -0.2) is 4.79 Å². The summed E-state index contributed by atoms with van der Waals surface area (Å²) in [5, 5.41) is 3.25. The maximum atomic E-state index is 10.9. The van der Waals surface area contributed by atoms with E-state index in [1.54, 1.807) is 6.92 Å². The van der Waals surface area contributed by atoms with Crippen LogP contribution < -0.4 is 5.32 Å². The number of carbonyl (C=O) groups is 1. The fraction of sp³-hybridized carbons (Fsp3) is 0.909. The molecule has 0 aromatic heterocycles. The predicted octanol–water partition coefficient (Wildman–Crippen LogP) is 1.20. The Balaban J connectivity index is 3.08. The Morgan fingerprint density at radius 2 is 2.07 bits per heavy atom. The number of nitrogens with one attached hydrogen (secondary N) is 1. The molecule has 0 atom stereocenters. The van der Waals surface area contributed by atoms with Gasteiger partial charge in [-0.15, -0.1) is 0 Å². The zero-order chi connectivity index (χ0) is 11.5. The van der Waals surface area contributed by atoms with Gasteiger partial charge < -0.3 is 14.8 Å². The van der Waals surface area contributed by atoms with Crippen LogP contribution in [0.1, 0.15) is 27.2 Å². The first-order chi connectivity index (χ1) is 7.16. The summed E-state index contributed by atoms with van der Waals surface area (Å²) in [5.74, 6) is 0.428. The summed E-state index contributed by atoms with van der Waals surface area (Å²) in [7, 11) is 0. The van der Waals surface area contributed by atoms with Crippen LogP contribution in [0.3, 0.4) is 0 Å². The van der Waals surface area contributed by atoms with E-state index >= 15 is 0 Å². The Hall–Kier alpha value is -0.610. The minimum atomic E-state index is -0.292. The molecule has 0 saturated heterocycles. The van der Waals surface area contributed by atoms with Crippen molar-refractivity contribution in [2.24, 2.45) is 5.92 Å². The molecule has 0 unspecified atom stereocenters. The maximum Gasteiger partial charge on any atom is 0.332 e. The van der Waals surface area contributed by atoms with E-state index in [0.29, 0.717) is 13.2 Å². The summed E-state index contributed by atoms with van der Waals surface area (Å²) < 4.78 is 9.83. The van der Waals surface area contributed by atoms with E-state index < -0.39 is 0 Å². The van der Waals surface area contributed by atoms with Crippen LogP contribution in [0.15, 0.2) is 0 Å². The van der Waals surface area contributed by atoms with Crippen LogP contribution >= 0.6 is 0 Å². The highest BCUT2D eigenvalue weighted by molar-refractivity contribution is 5.70. The molecule has 0 aromatic rings. The molecular formula is C11H23NO3. The lowest BCUT2D eigenvalue weighted by Crippen LogP contribution is -2.23. The molecule has 15 heavy (non-hydrogen) atoms. The fourth-order valence-corrected chi connectivity index (χ4v) is 1.02. The molecule has 0 aliphatic heterocycles. The van der Waals surface area contributed by atoms with Gasteiger partial charge in [0, 0.05) is 6.54 Å². The second-order valence-corrected chi connectivity index (χ2v) is 3.79. The van der Waals surface area contributed by atoms with Gasteiger partial charge in [0.15, 0.2) is 0 Å². The molecule has 4 heteroatoms. The highest BCUT2D eigenvalue weighted by Gasteiger charge is 2.00. The number of esters is 1. The normalized spacial score (nSPS) is 10.7. The zero-order valence-corrected chi connectivity index (χ0v) is 10.0. The molecule has 0 amide bonds. The molecule has 0 aliphatic carbocycles. The SMILES string of the molecule is CCOC(=O)COCCNCCC(C)C.